The lowest BCUT2D eigenvalue weighted by Crippen LogP contribution is -2.45. The summed E-state index contributed by atoms with van der Waals surface area (Å²) in [5, 5.41) is 11.4. The number of carbonyl (C=O) groups is 1. The van der Waals surface area contributed by atoms with Crippen molar-refractivity contribution < 1.29 is 4.79 Å². The highest BCUT2D eigenvalue weighted by Crippen LogP contribution is 2.25. The van der Waals surface area contributed by atoms with E-state index >= 15 is 0 Å². The van der Waals surface area contributed by atoms with Gasteiger partial charge in [-0.1, -0.05) is 6.92 Å². The predicted molar refractivity (Wildman–Crippen MR) is 75.2 cm³/mol. The Bertz CT molecular complexity index is 498. The lowest BCUT2D eigenvalue weighted by Gasteiger charge is -2.28. The van der Waals surface area contributed by atoms with E-state index in [1.165, 1.54) is 0 Å². The first-order valence-corrected chi connectivity index (χ1v) is 7.67. The molecule has 3 rings (SSSR count). The van der Waals surface area contributed by atoms with Crippen molar-refractivity contribution in [3.63, 3.8) is 0 Å². The van der Waals surface area contributed by atoms with Crippen LogP contribution in [0.15, 0.2) is 0 Å². The van der Waals surface area contributed by atoms with Crippen molar-refractivity contribution >= 4 is 6.03 Å². The molecule has 2 atom stereocenters. The summed E-state index contributed by atoms with van der Waals surface area (Å²) in [6, 6.07) is 0.760. The van der Waals surface area contributed by atoms with Gasteiger partial charge in [-0.25, -0.2) is 4.79 Å². The summed E-state index contributed by atoms with van der Waals surface area (Å²) in [5.41, 5.74) is 0. The molecule has 1 saturated heterocycles. The monoisotopic (exact) mass is 277 g/mol. The second-order valence-corrected chi connectivity index (χ2v) is 5.84. The normalized spacial score (nSPS) is 25.0. The Kier molecular flexibility index (Phi) is 3.63. The van der Waals surface area contributed by atoms with Gasteiger partial charge in [-0.05, 0) is 32.6 Å². The molecule has 1 fully saturated rings. The molecule has 3 heterocycles. The molecule has 110 valence electrons. The molecule has 1 aromatic rings. The third kappa shape index (κ3) is 2.27. The van der Waals surface area contributed by atoms with E-state index in [2.05, 4.69) is 33.9 Å². The summed E-state index contributed by atoms with van der Waals surface area (Å²) in [4.78, 5) is 14.4. The van der Waals surface area contributed by atoms with Crippen LogP contribution in [0, 0.1) is 0 Å². The minimum absolute atomic E-state index is 0.0391. The highest BCUT2D eigenvalue weighted by atomic mass is 16.2. The van der Waals surface area contributed by atoms with Crippen molar-refractivity contribution in [3.8, 4) is 0 Å². The van der Waals surface area contributed by atoms with Gasteiger partial charge >= 0.3 is 6.03 Å². The molecule has 6 nitrogen and oxygen atoms in total. The number of fused-ring (bicyclic) bond motifs is 1. The molecule has 1 N–H and O–H groups in total. The van der Waals surface area contributed by atoms with E-state index in [0.29, 0.717) is 18.6 Å². The van der Waals surface area contributed by atoms with Gasteiger partial charge in [0, 0.05) is 25.0 Å². The minimum atomic E-state index is 0.0391. The highest BCUT2D eigenvalue weighted by Gasteiger charge is 2.33. The van der Waals surface area contributed by atoms with E-state index in [1.54, 1.807) is 0 Å². The summed E-state index contributed by atoms with van der Waals surface area (Å²) in [5.74, 6) is 1.93. The van der Waals surface area contributed by atoms with Crippen molar-refractivity contribution in [1.29, 1.82) is 0 Å². The van der Waals surface area contributed by atoms with Crippen LogP contribution < -0.4 is 5.32 Å². The summed E-state index contributed by atoms with van der Waals surface area (Å²) >= 11 is 0. The molecule has 0 bridgehead atoms. The molecule has 0 aliphatic carbocycles. The predicted octanol–water partition coefficient (Wildman–Crippen LogP) is 1.70. The molecular formula is C14H23N5O. The summed E-state index contributed by atoms with van der Waals surface area (Å²) in [6.45, 7) is 5.73. The van der Waals surface area contributed by atoms with Gasteiger partial charge in [0.05, 0.1) is 6.54 Å². The topological polar surface area (TPSA) is 63.1 Å². The Hall–Kier alpha value is -1.59. The maximum atomic E-state index is 12.4. The first kappa shape index (κ1) is 13.4. The fourth-order valence-corrected chi connectivity index (χ4v) is 3.43. The first-order valence-electron chi connectivity index (χ1n) is 7.67. The van der Waals surface area contributed by atoms with Gasteiger partial charge in [0.2, 0.25) is 0 Å². The van der Waals surface area contributed by atoms with Crippen LogP contribution in [0.5, 0.6) is 0 Å². The number of nitrogens with zero attached hydrogens (tertiary/aromatic N) is 4. The lowest BCUT2D eigenvalue weighted by molar-refractivity contribution is 0.174. The van der Waals surface area contributed by atoms with Crippen LogP contribution in [0.3, 0.4) is 0 Å². The van der Waals surface area contributed by atoms with Crippen LogP contribution >= 0.6 is 0 Å². The third-order valence-corrected chi connectivity index (χ3v) is 4.58. The van der Waals surface area contributed by atoms with Gasteiger partial charge in [-0.15, -0.1) is 10.2 Å². The van der Waals surface area contributed by atoms with Crippen LogP contribution in [-0.4, -0.2) is 37.8 Å². The second-order valence-electron chi connectivity index (χ2n) is 5.84. The van der Waals surface area contributed by atoms with Gasteiger partial charge in [-0.2, -0.15) is 0 Å². The van der Waals surface area contributed by atoms with E-state index in [-0.39, 0.29) is 6.03 Å². The number of carbonyl (C=O) groups excluding carboxylic acids is 1. The molecule has 0 saturated carbocycles. The van der Waals surface area contributed by atoms with Crippen LogP contribution in [0.2, 0.25) is 0 Å². The van der Waals surface area contributed by atoms with Crippen LogP contribution in [0.1, 0.15) is 51.2 Å². The number of likely N-dealkylation sites (tertiary alicyclic amines) is 1. The molecular weight excluding hydrogens is 254 g/mol. The molecule has 0 aromatic carbocycles. The molecule has 2 aliphatic heterocycles. The largest absolute Gasteiger partial charge is 0.331 e. The van der Waals surface area contributed by atoms with E-state index in [4.69, 9.17) is 0 Å². The Morgan fingerprint density at radius 3 is 3.05 bits per heavy atom. The number of amides is 2. The zero-order chi connectivity index (χ0) is 14.1. The van der Waals surface area contributed by atoms with Crippen molar-refractivity contribution in [3.05, 3.63) is 11.6 Å². The SMILES string of the molecule is CCC1CCC(C)N1C(=O)NCc1nnc2n1CCC2. The average Bonchev–Trinajstić information content (AvgIpc) is 3.11. The number of aryl methyl sites for hydroxylation is 1. The van der Waals surface area contributed by atoms with Crippen molar-refractivity contribution in [2.45, 2.75) is 71.1 Å². The summed E-state index contributed by atoms with van der Waals surface area (Å²) in [6.07, 6.45) is 5.38. The van der Waals surface area contributed by atoms with E-state index in [0.717, 1.165) is 50.3 Å². The van der Waals surface area contributed by atoms with Crippen LogP contribution in [0.25, 0.3) is 0 Å². The average molecular weight is 277 g/mol. The first-order chi connectivity index (χ1) is 9.70. The zero-order valence-electron chi connectivity index (χ0n) is 12.3. The molecule has 6 heteroatoms. The molecule has 0 radical (unpaired) electrons. The van der Waals surface area contributed by atoms with Crippen molar-refractivity contribution in [2.75, 3.05) is 0 Å². The third-order valence-electron chi connectivity index (χ3n) is 4.58. The quantitative estimate of drug-likeness (QED) is 0.914. The summed E-state index contributed by atoms with van der Waals surface area (Å²) < 4.78 is 2.13. The molecule has 2 aliphatic rings. The maximum absolute atomic E-state index is 12.4. The second kappa shape index (κ2) is 5.42. The number of urea groups is 1. The maximum Gasteiger partial charge on any atom is 0.318 e. The van der Waals surface area contributed by atoms with Crippen molar-refractivity contribution in [2.24, 2.45) is 0 Å². The number of hydrogen-bond acceptors (Lipinski definition) is 3. The number of rotatable bonds is 3. The van der Waals surface area contributed by atoms with E-state index in [9.17, 15) is 4.79 Å². The minimum Gasteiger partial charge on any atom is -0.331 e. The van der Waals surface area contributed by atoms with Crippen LogP contribution in [-0.2, 0) is 19.5 Å². The molecule has 20 heavy (non-hydrogen) atoms. The molecule has 2 amide bonds. The lowest BCUT2D eigenvalue weighted by atomic mass is 10.2. The summed E-state index contributed by atoms with van der Waals surface area (Å²) in [7, 11) is 0. The number of nitrogens with one attached hydrogen (secondary N) is 1. The highest BCUT2D eigenvalue weighted by molar-refractivity contribution is 5.75. The van der Waals surface area contributed by atoms with Crippen LogP contribution in [0.4, 0.5) is 4.79 Å². The number of hydrogen-bond donors (Lipinski definition) is 1. The Labute approximate surface area is 119 Å². The Morgan fingerprint density at radius 1 is 1.40 bits per heavy atom. The van der Waals surface area contributed by atoms with Crippen molar-refractivity contribution in [1.82, 2.24) is 25.0 Å². The van der Waals surface area contributed by atoms with Gasteiger partial charge in [0.15, 0.2) is 5.82 Å². The smallest absolute Gasteiger partial charge is 0.318 e. The standard InChI is InChI=1S/C14H23N5O/c1-3-11-7-6-10(2)19(11)14(20)15-9-13-17-16-12-5-4-8-18(12)13/h10-11H,3-9H2,1-2H3,(H,15,20). The zero-order valence-corrected chi connectivity index (χ0v) is 12.3. The van der Waals surface area contributed by atoms with Gasteiger partial charge in [-0.3, -0.25) is 0 Å². The number of aromatic nitrogens is 3. The van der Waals surface area contributed by atoms with E-state index in [1.807, 2.05) is 4.90 Å². The molecule has 2 unspecified atom stereocenters. The molecule has 0 spiro atoms. The fourth-order valence-electron chi connectivity index (χ4n) is 3.43. The van der Waals surface area contributed by atoms with Gasteiger partial charge in [0.25, 0.3) is 0 Å². The Balaban J connectivity index is 1.61. The Morgan fingerprint density at radius 2 is 2.25 bits per heavy atom. The fraction of sp³-hybridized carbons (Fsp3) is 0.786. The van der Waals surface area contributed by atoms with E-state index < -0.39 is 0 Å². The van der Waals surface area contributed by atoms with Gasteiger partial charge in [0.1, 0.15) is 5.82 Å². The van der Waals surface area contributed by atoms with Gasteiger partial charge < -0.3 is 14.8 Å². The molecule has 1 aromatic heterocycles.